The van der Waals surface area contributed by atoms with Crippen molar-refractivity contribution < 1.29 is 9.21 Å². The first-order chi connectivity index (χ1) is 8.19. The van der Waals surface area contributed by atoms with E-state index in [0.717, 1.165) is 31.4 Å². The Morgan fingerprint density at radius 3 is 2.65 bits per heavy atom. The molecule has 1 amide bonds. The molecule has 0 atom stereocenters. The summed E-state index contributed by atoms with van der Waals surface area (Å²) in [4.78, 5) is 11.8. The molecule has 90 valence electrons. The maximum absolute atomic E-state index is 11.8. The summed E-state index contributed by atoms with van der Waals surface area (Å²) in [5.74, 6) is 1.11. The average Bonchev–Trinajstić information content (AvgIpc) is 2.77. The van der Waals surface area contributed by atoms with Crippen LogP contribution in [0.3, 0.4) is 0 Å². The van der Waals surface area contributed by atoms with Crippen molar-refractivity contribution in [3.05, 3.63) is 23.7 Å². The highest BCUT2D eigenvalue weighted by molar-refractivity contribution is 5.91. The Balaban J connectivity index is 1.86. The molecule has 1 aromatic heterocycles. The number of nitriles is 1. The van der Waals surface area contributed by atoms with Crippen LogP contribution < -0.4 is 5.32 Å². The summed E-state index contributed by atoms with van der Waals surface area (Å²) in [7, 11) is 0. The van der Waals surface area contributed by atoms with Gasteiger partial charge in [-0.25, -0.2) is 0 Å². The van der Waals surface area contributed by atoms with E-state index in [1.54, 1.807) is 12.1 Å². The molecule has 0 aromatic carbocycles. The maximum Gasteiger partial charge on any atom is 0.287 e. The van der Waals surface area contributed by atoms with Crippen LogP contribution >= 0.6 is 0 Å². The van der Waals surface area contributed by atoms with Crippen LogP contribution in [0.1, 0.15) is 42.0 Å². The molecule has 0 unspecified atom stereocenters. The normalized spacial score (nSPS) is 24.0. The van der Waals surface area contributed by atoms with Crippen molar-refractivity contribution in [2.75, 3.05) is 0 Å². The molecule has 2 rings (SSSR count). The van der Waals surface area contributed by atoms with Gasteiger partial charge in [-0.1, -0.05) is 0 Å². The fourth-order valence-electron chi connectivity index (χ4n) is 2.18. The third-order valence-electron chi connectivity index (χ3n) is 3.21. The van der Waals surface area contributed by atoms with E-state index in [2.05, 4.69) is 11.4 Å². The van der Waals surface area contributed by atoms with E-state index < -0.39 is 0 Å². The number of hydrogen-bond donors (Lipinski definition) is 1. The molecular formula is C13H16N2O2. The molecule has 1 saturated carbocycles. The lowest BCUT2D eigenvalue weighted by Gasteiger charge is -2.25. The van der Waals surface area contributed by atoms with E-state index in [1.165, 1.54) is 0 Å². The number of carbonyl (C=O) groups excluding carboxylic acids is 1. The van der Waals surface area contributed by atoms with Crippen LogP contribution in [0.25, 0.3) is 0 Å². The molecule has 1 aliphatic carbocycles. The first kappa shape index (κ1) is 11.7. The van der Waals surface area contributed by atoms with Gasteiger partial charge in [0.15, 0.2) is 5.76 Å². The number of furan rings is 1. The number of carbonyl (C=O) groups is 1. The molecule has 0 spiro atoms. The topological polar surface area (TPSA) is 66.0 Å². The molecule has 4 nitrogen and oxygen atoms in total. The van der Waals surface area contributed by atoms with Gasteiger partial charge in [0.2, 0.25) is 0 Å². The summed E-state index contributed by atoms with van der Waals surface area (Å²) in [5.41, 5.74) is 0. The Labute approximate surface area is 101 Å². The number of aryl methyl sites for hydroxylation is 1. The van der Waals surface area contributed by atoms with Gasteiger partial charge in [0.25, 0.3) is 5.91 Å². The number of amides is 1. The lowest BCUT2D eigenvalue weighted by Crippen LogP contribution is -2.37. The van der Waals surface area contributed by atoms with Gasteiger partial charge in [-0.3, -0.25) is 4.79 Å². The quantitative estimate of drug-likeness (QED) is 0.851. The second kappa shape index (κ2) is 5.05. The van der Waals surface area contributed by atoms with Crippen molar-refractivity contribution in [3.8, 4) is 6.07 Å². The minimum Gasteiger partial charge on any atom is -0.456 e. The Hall–Kier alpha value is -1.76. The van der Waals surface area contributed by atoms with Crippen molar-refractivity contribution in [2.24, 2.45) is 5.92 Å². The van der Waals surface area contributed by atoms with Gasteiger partial charge < -0.3 is 9.73 Å². The van der Waals surface area contributed by atoms with Gasteiger partial charge in [0.1, 0.15) is 5.76 Å². The highest BCUT2D eigenvalue weighted by atomic mass is 16.3. The summed E-state index contributed by atoms with van der Waals surface area (Å²) >= 11 is 0. The second-order valence-electron chi connectivity index (χ2n) is 4.56. The van der Waals surface area contributed by atoms with E-state index in [1.807, 2.05) is 6.92 Å². The second-order valence-corrected chi connectivity index (χ2v) is 4.56. The lowest BCUT2D eigenvalue weighted by atomic mass is 9.87. The fourth-order valence-corrected chi connectivity index (χ4v) is 2.18. The Morgan fingerprint density at radius 1 is 1.41 bits per heavy atom. The molecule has 1 aromatic rings. The Morgan fingerprint density at radius 2 is 2.12 bits per heavy atom. The van der Waals surface area contributed by atoms with Crippen molar-refractivity contribution in [3.63, 3.8) is 0 Å². The van der Waals surface area contributed by atoms with Crippen LogP contribution in [0.2, 0.25) is 0 Å². The molecule has 1 N–H and O–H groups in total. The predicted octanol–water partition coefficient (Wildman–Crippen LogP) is 2.40. The predicted molar refractivity (Wildman–Crippen MR) is 62.3 cm³/mol. The number of hydrogen-bond acceptors (Lipinski definition) is 3. The third kappa shape index (κ3) is 2.88. The van der Waals surface area contributed by atoms with Crippen LogP contribution in [0.5, 0.6) is 0 Å². The summed E-state index contributed by atoms with van der Waals surface area (Å²) in [6.07, 6.45) is 3.50. The number of nitrogens with one attached hydrogen (secondary N) is 1. The largest absolute Gasteiger partial charge is 0.456 e. The zero-order valence-corrected chi connectivity index (χ0v) is 9.90. The van der Waals surface area contributed by atoms with E-state index in [-0.39, 0.29) is 17.9 Å². The monoisotopic (exact) mass is 232 g/mol. The average molecular weight is 232 g/mol. The smallest absolute Gasteiger partial charge is 0.287 e. The highest BCUT2D eigenvalue weighted by Crippen LogP contribution is 2.23. The standard InChI is InChI=1S/C13H16N2O2/c1-9-2-7-12(17-9)13(16)15-11-5-3-10(8-14)4-6-11/h2,7,10-11H,3-6H2,1H3,(H,15,16). The molecule has 0 bridgehead atoms. The Bertz CT molecular complexity index is 437. The van der Waals surface area contributed by atoms with Crippen LogP contribution in [0.15, 0.2) is 16.5 Å². The highest BCUT2D eigenvalue weighted by Gasteiger charge is 2.23. The van der Waals surface area contributed by atoms with Gasteiger partial charge >= 0.3 is 0 Å². The molecular weight excluding hydrogens is 216 g/mol. The van der Waals surface area contributed by atoms with Gasteiger partial charge in [0, 0.05) is 12.0 Å². The van der Waals surface area contributed by atoms with Crippen LogP contribution in [0.4, 0.5) is 0 Å². The molecule has 1 aliphatic rings. The van der Waals surface area contributed by atoms with E-state index in [4.69, 9.17) is 9.68 Å². The lowest BCUT2D eigenvalue weighted by molar-refractivity contribution is 0.0895. The van der Waals surface area contributed by atoms with Gasteiger partial charge in [-0.05, 0) is 44.7 Å². The summed E-state index contributed by atoms with van der Waals surface area (Å²) < 4.78 is 5.26. The molecule has 4 heteroatoms. The van der Waals surface area contributed by atoms with Gasteiger partial charge in [-0.15, -0.1) is 0 Å². The van der Waals surface area contributed by atoms with Crippen LogP contribution in [-0.4, -0.2) is 11.9 Å². The molecule has 0 radical (unpaired) electrons. The Kier molecular flexibility index (Phi) is 3.48. The molecule has 17 heavy (non-hydrogen) atoms. The van der Waals surface area contributed by atoms with Crippen molar-refractivity contribution in [1.82, 2.24) is 5.32 Å². The zero-order chi connectivity index (χ0) is 12.3. The fraction of sp³-hybridized carbons (Fsp3) is 0.538. The molecule has 0 saturated heterocycles. The molecule has 1 fully saturated rings. The first-order valence-electron chi connectivity index (χ1n) is 5.96. The van der Waals surface area contributed by atoms with Crippen molar-refractivity contribution >= 4 is 5.91 Å². The SMILES string of the molecule is Cc1ccc(C(=O)NC2CCC(C#N)CC2)o1. The van der Waals surface area contributed by atoms with E-state index in [9.17, 15) is 4.79 Å². The third-order valence-corrected chi connectivity index (χ3v) is 3.21. The minimum absolute atomic E-state index is 0.154. The van der Waals surface area contributed by atoms with Crippen molar-refractivity contribution in [1.29, 1.82) is 5.26 Å². The van der Waals surface area contributed by atoms with Gasteiger partial charge in [0.05, 0.1) is 6.07 Å². The maximum atomic E-state index is 11.8. The van der Waals surface area contributed by atoms with Gasteiger partial charge in [-0.2, -0.15) is 5.26 Å². The van der Waals surface area contributed by atoms with Crippen LogP contribution in [-0.2, 0) is 0 Å². The number of rotatable bonds is 2. The zero-order valence-electron chi connectivity index (χ0n) is 9.90. The molecule has 1 heterocycles. The van der Waals surface area contributed by atoms with E-state index in [0.29, 0.717) is 5.76 Å². The van der Waals surface area contributed by atoms with E-state index >= 15 is 0 Å². The van der Waals surface area contributed by atoms with Crippen LogP contribution in [0, 0.1) is 24.2 Å². The van der Waals surface area contributed by atoms with Crippen molar-refractivity contribution in [2.45, 2.75) is 38.6 Å². The first-order valence-corrected chi connectivity index (χ1v) is 5.96. The number of nitrogens with zero attached hydrogens (tertiary/aromatic N) is 1. The minimum atomic E-state index is -0.154. The summed E-state index contributed by atoms with van der Waals surface area (Å²) in [6, 6.07) is 5.93. The molecule has 0 aliphatic heterocycles. The summed E-state index contributed by atoms with van der Waals surface area (Å²) in [6.45, 7) is 1.81. The summed E-state index contributed by atoms with van der Waals surface area (Å²) in [5, 5.41) is 11.7.